The van der Waals surface area contributed by atoms with E-state index in [1.807, 2.05) is 43.3 Å². The van der Waals surface area contributed by atoms with Crippen LogP contribution >= 0.6 is 0 Å². The lowest BCUT2D eigenvalue weighted by molar-refractivity contribution is 0.0827. The molecule has 0 aromatic heterocycles. The highest BCUT2D eigenvalue weighted by atomic mass is 16.2. The molecule has 0 bridgehead atoms. The van der Waals surface area contributed by atoms with Crippen molar-refractivity contribution in [1.29, 1.82) is 0 Å². The molecule has 86 valence electrons. The molecule has 0 aliphatic rings. The third kappa shape index (κ3) is 3.51. The van der Waals surface area contributed by atoms with E-state index in [-0.39, 0.29) is 11.9 Å². The highest BCUT2D eigenvalue weighted by Gasteiger charge is 2.06. The van der Waals surface area contributed by atoms with Crippen LogP contribution in [0.25, 0.3) is 6.08 Å². The molecule has 1 atom stereocenters. The zero-order chi connectivity index (χ0) is 12.1. The molecule has 0 radical (unpaired) electrons. The quantitative estimate of drug-likeness (QED) is 0.840. The fourth-order valence-electron chi connectivity index (χ4n) is 1.26. The summed E-state index contributed by atoms with van der Waals surface area (Å²) in [7, 11) is 3.48. The summed E-state index contributed by atoms with van der Waals surface area (Å²) in [5.41, 5.74) is 7.36. The topological polar surface area (TPSA) is 46.3 Å². The van der Waals surface area contributed by atoms with E-state index in [4.69, 9.17) is 5.73 Å². The standard InChI is InChI=1S/C13H18N2O/c1-10(14)4-5-11-6-8-12(9-7-11)13(16)15(2)3/h4-10H,14H2,1-3H3/b5-4+. The molecule has 0 saturated heterocycles. The summed E-state index contributed by atoms with van der Waals surface area (Å²) in [5, 5.41) is 0. The summed E-state index contributed by atoms with van der Waals surface area (Å²) in [6.07, 6.45) is 3.87. The van der Waals surface area contributed by atoms with Gasteiger partial charge in [-0.3, -0.25) is 4.79 Å². The summed E-state index contributed by atoms with van der Waals surface area (Å²) in [6, 6.07) is 7.51. The molecule has 0 spiro atoms. The Balaban J connectivity index is 2.79. The smallest absolute Gasteiger partial charge is 0.253 e. The van der Waals surface area contributed by atoms with Crippen molar-refractivity contribution < 1.29 is 4.79 Å². The van der Waals surface area contributed by atoms with Crippen molar-refractivity contribution in [1.82, 2.24) is 4.90 Å². The number of rotatable bonds is 3. The second-order valence-electron chi connectivity index (χ2n) is 4.04. The van der Waals surface area contributed by atoms with Gasteiger partial charge in [0.25, 0.3) is 5.91 Å². The molecular formula is C13H18N2O. The maximum atomic E-state index is 11.6. The lowest BCUT2D eigenvalue weighted by atomic mass is 10.1. The van der Waals surface area contributed by atoms with E-state index in [2.05, 4.69) is 0 Å². The van der Waals surface area contributed by atoms with Gasteiger partial charge in [-0.05, 0) is 24.6 Å². The second-order valence-corrected chi connectivity index (χ2v) is 4.04. The maximum absolute atomic E-state index is 11.6. The molecule has 3 heteroatoms. The molecule has 1 unspecified atom stereocenters. The molecule has 0 saturated carbocycles. The van der Waals surface area contributed by atoms with E-state index in [0.717, 1.165) is 5.56 Å². The van der Waals surface area contributed by atoms with E-state index in [1.54, 1.807) is 19.0 Å². The zero-order valence-electron chi connectivity index (χ0n) is 9.97. The number of nitrogens with two attached hydrogens (primary N) is 1. The van der Waals surface area contributed by atoms with Gasteiger partial charge in [0.05, 0.1) is 0 Å². The fourth-order valence-corrected chi connectivity index (χ4v) is 1.26. The Morgan fingerprint density at radius 1 is 1.31 bits per heavy atom. The average molecular weight is 218 g/mol. The number of hydrogen-bond acceptors (Lipinski definition) is 2. The van der Waals surface area contributed by atoms with Gasteiger partial charge in [0.2, 0.25) is 0 Å². The normalized spacial score (nSPS) is 12.8. The Labute approximate surface area is 96.6 Å². The fraction of sp³-hybridized carbons (Fsp3) is 0.308. The Morgan fingerprint density at radius 3 is 2.31 bits per heavy atom. The van der Waals surface area contributed by atoms with Crippen LogP contribution < -0.4 is 5.73 Å². The van der Waals surface area contributed by atoms with Crippen LogP contribution in [0.3, 0.4) is 0 Å². The zero-order valence-corrected chi connectivity index (χ0v) is 9.97. The molecule has 1 amide bonds. The molecule has 16 heavy (non-hydrogen) atoms. The third-order valence-electron chi connectivity index (χ3n) is 2.16. The minimum atomic E-state index is 0.0164. The Kier molecular flexibility index (Phi) is 4.26. The minimum Gasteiger partial charge on any atom is -0.345 e. The summed E-state index contributed by atoms with van der Waals surface area (Å²) in [5.74, 6) is 0.0164. The third-order valence-corrected chi connectivity index (χ3v) is 2.16. The summed E-state index contributed by atoms with van der Waals surface area (Å²) in [4.78, 5) is 13.2. The Morgan fingerprint density at radius 2 is 1.88 bits per heavy atom. The monoisotopic (exact) mass is 218 g/mol. The van der Waals surface area contributed by atoms with Crippen molar-refractivity contribution in [3.05, 3.63) is 41.5 Å². The highest BCUT2D eigenvalue weighted by Crippen LogP contribution is 2.08. The van der Waals surface area contributed by atoms with Gasteiger partial charge < -0.3 is 10.6 Å². The van der Waals surface area contributed by atoms with Crippen LogP contribution in [0.1, 0.15) is 22.8 Å². The average Bonchev–Trinajstić information content (AvgIpc) is 2.26. The molecule has 0 aliphatic heterocycles. The minimum absolute atomic E-state index is 0.0164. The maximum Gasteiger partial charge on any atom is 0.253 e. The van der Waals surface area contributed by atoms with Gasteiger partial charge in [-0.1, -0.05) is 24.3 Å². The van der Waals surface area contributed by atoms with E-state index < -0.39 is 0 Å². The van der Waals surface area contributed by atoms with Crippen LogP contribution in [-0.2, 0) is 0 Å². The van der Waals surface area contributed by atoms with E-state index in [9.17, 15) is 4.79 Å². The summed E-state index contributed by atoms with van der Waals surface area (Å²) in [6.45, 7) is 1.92. The molecule has 0 fully saturated rings. The molecular weight excluding hydrogens is 200 g/mol. The van der Waals surface area contributed by atoms with Gasteiger partial charge in [0.1, 0.15) is 0 Å². The van der Waals surface area contributed by atoms with Crippen molar-refractivity contribution in [3.63, 3.8) is 0 Å². The molecule has 1 rings (SSSR count). The summed E-state index contributed by atoms with van der Waals surface area (Å²) >= 11 is 0. The lowest BCUT2D eigenvalue weighted by Crippen LogP contribution is -2.21. The predicted molar refractivity (Wildman–Crippen MR) is 67.1 cm³/mol. The number of benzene rings is 1. The van der Waals surface area contributed by atoms with Crippen LogP contribution in [-0.4, -0.2) is 30.9 Å². The molecule has 1 aromatic carbocycles. The highest BCUT2D eigenvalue weighted by molar-refractivity contribution is 5.94. The summed E-state index contributed by atoms with van der Waals surface area (Å²) < 4.78 is 0. The van der Waals surface area contributed by atoms with Gasteiger partial charge in [0.15, 0.2) is 0 Å². The molecule has 0 heterocycles. The number of nitrogens with zero attached hydrogens (tertiary/aromatic N) is 1. The van der Waals surface area contributed by atoms with Crippen LogP contribution in [0, 0.1) is 0 Å². The first-order chi connectivity index (χ1) is 7.50. The lowest BCUT2D eigenvalue weighted by Gasteiger charge is -2.09. The number of carbonyl (C=O) groups excluding carboxylic acids is 1. The van der Waals surface area contributed by atoms with Crippen molar-refractivity contribution in [3.8, 4) is 0 Å². The van der Waals surface area contributed by atoms with Crippen molar-refractivity contribution in [2.75, 3.05) is 14.1 Å². The van der Waals surface area contributed by atoms with Gasteiger partial charge in [-0.15, -0.1) is 0 Å². The van der Waals surface area contributed by atoms with Crippen LogP contribution in [0.5, 0.6) is 0 Å². The molecule has 1 aromatic rings. The molecule has 3 nitrogen and oxygen atoms in total. The van der Waals surface area contributed by atoms with Crippen LogP contribution in [0.4, 0.5) is 0 Å². The molecule has 0 aliphatic carbocycles. The van der Waals surface area contributed by atoms with Crippen LogP contribution in [0.15, 0.2) is 30.3 Å². The van der Waals surface area contributed by atoms with E-state index in [0.29, 0.717) is 5.56 Å². The van der Waals surface area contributed by atoms with Gasteiger partial charge in [-0.25, -0.2) is 0 Å². The Hall–Kier alpha value is -1.61. The van der Waals surface area contributed by atoms with Crippen LogP contribution in [0.2, 0.25) is 0 Å². The first-order valence-corrected chi connectivity index (χ1v) is 5.26. The van der Waals surface area contributed by atoms with Crippen molar-refractivity contribution in [2.45, 2.75) is 13.0 Å². The second kappa shape index (κ2) is 5.47. The SMILES string of the molecule is CC(N)/C=C/c1ccc(C(=O)N(C)C)cc1. The first-order valence-electron chi connectivity index (χ1n) is 5.26. The predicted octanol–water partition coefficient (Wildman–Crippen LogP) is 1.75. The largest absolute Gasteiger partial charge is 0.345 e. The van der Waals surface area contributed by atoms with Gasteiger partial charge in [-0.2, -0.15) is 0 Å². The van der Waals surface area contributed by atoms with E-state index >= 15 is 0 Å². The van der Waals surface area contributed by atoms with Gasteiger partial charge >= 0.3 is 0 Å². The number of carbonyl (C=O) groups is 1. The number of amides is 1. The first kappa shape index (κ1) is 12.5. The van der Waals surface area contributed by atoms with E-state index in [1.165, 1.54) is 0 Å². The van der Waals surface area contributed by atoms with Gasteiger partial charge in [0, 0.05) is 25.7 Å². The van der Waals surface area contributed by atoms with Crippen molar-refractivity contribution in [2.24, 2.45) is 5.73 Å². The Bertz CT molecular complexity index is 377. The molecule has 2 N–H and O–H groups in total. The van der Waals surface area contributed by atoms with Crippen molar-refractivity contribution >= 4 is 12.0 Å². The number of hydrogen-bond donors (Lipinski definition) is 1.